The molecule has 0 spiro atoms. The minimum Gasteiger partial charge on any atom is -0.314 e. The summed E-state index contributed by atoms with van der Waals surface area (Å²) >= 11 is 0. The van der Waals surface area contributed by atoms with Gasteiger partial charge < -0.3 is 5.32 Å². The Morgan fingerprint density at radius 3 is 2.44 bits per heavy atom. The highest BCUT2D eigenvalue weighted by Gasteiger charge is 2.08. The Hall–Kier alpha value is -0.890. The third kappa shape index (κ3) is 6.75. The largest absolute Gasteiger partial charge is 0.314 e. The monoisotopic (exact) mass is 248 g/mol. The van der Waals surface area contributed by atoms with E-state index in [2.05, 4.69) is 43.2 Å². The highest BCUT2D eigenvalue weighted by Crippen LogP contribution is 2.12. The van der Waals surface area contributed by atoms with Crippen molar-refractivity contribution in [2.45, 2.75) is 58.9 Å². The van der Waals surface area contributed by atoms with Crippen molar-refractivity contribution in [3.05, 3.63) is 30.1 Å². The van der Waals surface area contributed by atoms with Crippen LogP contribution in [0, 0.1) is 5.92 Å². The molecule has 1 heterocycles. The molecule has 0 aromatic carbocycles. The van der Waals surface area contributed by atoms with Crippen LogP contribution in [0.2, 0.25) is 0 Å². The third-order valence-corrected chi connectivity index (χ3v) is 3.31. The maximum absolute atomic E-state index is 4.07. The fraction of sp³-hybridized carbons (Fsp3) is 0.688. The molecule has 0 fully saturated rings. The summed E-state index contributed by atoms with van der Waals surface area (Å²) in [4.78, 5) is 4.07. The Morgan fingerprint density at radius 2 is 1.83 bits per heavy atom. The molecule has 0 aliphatic heterocycles. The van der Waals surface area contributed by atoms with Gasteiger partial charge in [-0.05, 0) is 62.3 Å². The predicted molar refractivity (Wildman–Crippen MR) is 78.7 cm³/mol. The lowest BCUT2D eigenvalue weighted by molar-refractivity contribution is 0.410. The second-order valence-electron chi connectivity index (χ2n) is 5.52. The molecule has 0 amide bonds. The van der Waals surface area contributed by atoms with Crippen LogP contribution >= 0.6 is 0 Å². The fourth-order valence-corrected chi connectivity index (χ4v) is 2.12. The predicted octanol–water partition coefficient (Wildman–Crippen LogP) is 3.82. The van der Waals surface area contributed by atoms with E-state index in [0.29, 0.717) is 6.04 Å². The van der Waals surface area contributed by atoms with Crippen LogP contribution < -0.4 is 5.32 Å². The van der Waals surface area contributed by atoms with Crippen molar-refractivity contribution in [2.75, 3.05) is 6.54 Å². The highest BCUT2D eigenvalue weighted by molar-refractivity contribution is 5.09. The van der Waals surface area contributed by atoms with Gasteiger partial charge in [0.1, 0.15) is 0 Å². The summed E-state index contributed by atoms with van der Waals surface area (Å²) in [5.74, 6) is 0.803. The van der Waals surface area contributed by atoms with Gasteiger partial charge in [0.2, 0.25) is 0 Å². The van der Waals surface area contributed by atoms with Gasteiger partial charge in [0.15, 0.2) is 0 Å². The van der Waals surface area contributed by atoms with Crippen LogP contribution in [-0.2, 0) is 6.42 Å². The summed E-state index contributed by atoms with van der Waals surface area (Å²) < 4.78 is 0. The van der Waals surface area contributed by atoms with E-state index in [0.717, 1.165) is 18.9 Å². The van der Waals surface area contributed by atoms with Gasteiger partial charge in [-0.15, -0.1) is 0 Å². The number of nitrogens with zero attached hydrogens (tertiary/aromatic N) is 1. The number of aryl methyl sites for hydroxylation is 1. The number of hydrogen-bond acceptors (Lipinski definition) is 2. The molecule has 0 saturated carbocycles. The molecule has 2 nitrogen and oxygen atoms in total. The van der Waals surface area contributed by atoms with Crippen molar-refractivity contribution < 1.29 is 0 Å². The second-order valence-corrected chi connectivity index (χ2v) is 5.52. The van der Waals surface area contributed by atoms with Gasteiger partial charge in [0.25, 0.3) is 0 Å². The van der Waals surface area contributed by atoms with E-state index in [4.69, 9.17) is 0 Å². The quantitative estimate of drug-likeness (QED) is 0.718. The number of aromatic nitrogens is 1. The molecule has 1 aromatic rings. The molecule has 0 saturated heterocycles. The SMILES string of the molecule is CCCNC(CCc1ccncc1)CCC(C)C. The van der Waals surface area contributed by atoms with E-state index >= 15 is 0 Å². The Kier molecular flexibility index (Phi) is 7.66. The van der Waals surface area contributed by atoms with Crippen LogP contribution in [0.5, 0.6) is 0 Å². The molecule has 0 aliphatic carbocycles. The molecule has 1 rings (SSSR count). The van der Waals surface area contributed by atoms with Crippen LogP contribution in [0.1, 0.15) is 52.0 Å². The van der Waals surface area contributed by atoms with Crippen molar-refractivity contribution in [1.29, 1.82) is 0 Å². The lowest BCUT2D eigenvalue weighted by atomic mass is 9.98. The van der Waals surface area contributed by atoms with Crippen molar-refractivity contribution >= 4 is 0 Å². The van der Waals surface area contributed by atoms with Gasteiger partial charge >= 0.3 is 0 Å². The Bertz CT molecular complexity index is 295. The lowest BCUT2D eigenvalue weighted by Crippen LogP contribution is -2.30. The minimum absolute atomic E-state index is 0.667. The molecular weight excluding hydrogens is 220 g/mol. The van der Waals surface area contributed by atoms with Gasteiger partial charge in [0, 0.05) is 18.4 Å². The molecule has 1 aromatic heterocycles. The Labute approximate surface area is 112 Å². The first-order chi connectivity index (χ1) is 8.72. The zero-order valence-corrected chi connectivity index (χ0v) is 12.2. The van der Waals surface area contributed by atoms with E-state index in [9.17, 15) is 0 Å². The summed E-state index contributed by atoms with van der Waals surface area (Å²) in [6.07, 6.45) is 9.99. The summed E-state index contributed by atoms with van der Waals surface area (Å²) in [7, 11) is 0. The molecule has 18 heavy (non-hydrogen) atoms. The zero-order chi connectivity index (χ0) is 13.2. The molecule has 1 N–H and O–H groups in total. The van der Waals surface area contributed by atoms with Crippen molar-refractivity contribution in [3.8, 4) is 0 Å². The highest BCUT2D eigenvalue weighted by atomic mass is 14.9. The maximum Gasteiger partial charge on any atom is 0.0270 e. The van der Waals surface area contributed by atoms with E-state index in [1.807, 2.05) is 12.4 Å². The van der Waals surface area contributed by atoms with E-state index in [1.165, 1.54) is 31.2 Å². The Morgan fingerprint density at radius 1 is 1.11 bits per heavy atom. The fourth-order valence-electron chi connectivity index (χ4n) is 2.12. The van der Waals surface area contributed by atoms with Crippen LogP contribution in [0.25, 0.3) is 0 Å². The summed E-state index contributed by atoms with van der Waals surface area (Å²) in [5.41, 5.74) is 1.40. The molecule has 0 aliphatic rings. The summed E-state index contributed by atoms with van der Waals surface area (Å²) in [6, 6.07) is 4.92. The van der Waals surface area contributed by atoms with Gasteiger partial charge in [-0.2, -0.15) is 0 Å². The van der Waals surface area contributed by atoms with Crippen LogP contribution in [-0.4, -0.2) is 17.6 Å². The molecule has 1 unspecified atom stereocenters. The van der Waals surface area contributed by atoms with Crippen LogP contribution in [0.15, 0.2) is 24.5 Å². The molecule has 1 atom stereocenters. The number of nitrogens with one attached hydrogen (secondary N) is 1. The van der Waals surface area contributed by atoms with Gasteiger partial charge in [-0.25, -0.2) is 0 Å². The molecular formula is C16H28N2. The average Bonchev–Trinajstić information content (AvgIpc) is 2.39. The number of rotatable bonds is 9. The van der Waals surface area contributed by atoms with Crippen LogP contribution in [0.4, 0.5) is 0 Å². The molecule has 0 radical (unpaired) electrons. The normalized spacial score (nSPS) is 12.9. The number of hydrogen-bond donors (Lipinski definition) is 1. The van der Waals surface area contributed by atoms with Crippen molar-refractivity contribution in [1.82, 2.24) is 10.3 Å². The minimum atomic E-state index is 0.667. The van der Waals surface area contributed by atoms with E-state index in [-0.39, 0.29) is 0 Å². The molecule has 2 heteroatoms. The number of pyridine rings is 1. The van der Waals surface area contributed by atoms with E-state index in [1.54, 1.807) is 0 Å². The van der Waals surface area contributed by atoms with Crippen molar-refractivity contribution in [3.63, 3.8) is 0 Å². The van der Waals surface area contributed by atoms with Gasteiger partial charge in [0.05, 0.1) is 0 Å². The maximum atomic E-state index is 4.07. The van der Waals surface area contributed by atoms with E-state index < -0.39 is 0 Å². The topological polar surface area (TPSA) is 24.9 Å². The summed E-state index contributed by atoms with van der Waals surface area (Å²) in [5, 5.41) is 3.68. The van der Waals surface area contributed by atoms with Crippen LogP contribution in [0.3, 0.4) is 0 Å². The smallest absolute Gasteiger partial charge is 0.0270 e. The van der Waals surface area contributed by atoms with Gasteiger partial charge in [-0.3, -0.25) is 4.98 Å². The van der Waals surface area contributed by atoms with Crippen molar-refractivity contribution in [2.24, 2.45) is 5.92 Å². The lowest BCUT2D eigenvalue weighted by Gasteiger charge is -2.19. The van der Waals surface area contributed by atoms with Gasteiger partial charge in [-0.1, -0.05) is 20.8 Å². The standard InChI is InChI=1S/C16H28N2/c1-4-11-18-16(7-5-14(2)3)8-6-15-9-12-17-13-10-15/h9-10,12-14,16,18H,4-8,11H2,1-3H3. The first-order valence-electron chi connectivity index (χ1n) is 7.34. The first kappa shape index (κ1) is 15.2. The summed E-state index contributed by atoms with van der Waals surface area (Å²) in [6.45, 7) is 7.98. The first-order valence-corrected chi connectivity index (χ1v) is 7.34. The molecule has 102 valence electrons. The average molecular weight is 248 g/mol. The third-order valence-electron chi connectivity index (χ3n) is 3.31. The Balaban J connectivity index is 2.35. The second kappa shape index (κ2) is 9.09. The zero-order valence-electron chi connectivity index (χ0n) is 12.2. The molecule has 0 bridgehead atoms.